The van der Waals surface area contributed by atoms with Gasteiger partial charge < -0.3 is 20.1 Å². The molecule has 158 valence electrons. The molecule has 0 saturated heterocycles. The zero-order valence-electron chi connectivity index (χ0n) is 16.9. The number of nitrogens with zero attached hydrogens (tertiary/aromatic N) is 2. The molecule has 8 heteroatoms. The summed E-state index contributed by atoms with van der Waals surface area (Å²) in [7, 11) is 0. The molecule has 2 aromatic rings. The van der Waals surface area contributed by atoms with Gasteiger partial charge in [0.05, 0.1) is 5.69 Å². The summed E-state index contributed by atoms with van der Waals surface area (Å²) in [6.45, 7) is 7.96. The lowest BCUT2D eigenvalue weighted by atomic mass is 10.2. The number of likely N-dealkylation sites (N-methyl/N-ethyl adjacent to an activating group) is 1. The monoisotopic (exact) mass is 420 g/mol. The van der Waals surface area contributed by atoms with Crippen molar-refractivity contribution in [1.29, 1.82) is 0 Å². The van der Waals surface area contributed by atoms with Crippen LogP contribution in [0.4, 0.5) is 5.69 Å². The van der Waals surface area contributed by atoms with Gasteiger partial charge in [-0.3, -0.25) is 14.4 Å². The fourth-order valence-corrected chi connectivity index (χ4v) is 2.86. The molecule has 1 aromatic heterocycles. The summed E-state index contributed by atoms with van der Waals surface area (Å²) in [6.07, 6.45) is 2.79. The average Bonchev–Trinajstić information content (AvgIpc) is 3.17. The van der Waals surface area contributed by atoms with Crippen molar-refractivity contribution in [3.8, 4) is 0 Å². The molecule has 1 heterocycles. The summed E-state index contributed by atoms with van der Waals surface area (Å²) in [4.78, 5) is 37.4. The lowest BCUT2D eigenvalue weighted by molar-refractivity contribution is -0.116. The smallest absolute Gasteiger partial charge is 0.251 e. The van der Waals surface area contributed by atoms with Crippen molar-refractivity contribution in [2.45, 2.75) is 26.8 Å². The molecule has 0 aliphatic carbocycles. The van der Waals surface area contributed by atoms with Crippen LogP contribution in [0.3, 0.4) is 0 Å². The number of aromatic nitrogens is 1. The Bertz CT molecular complexity index is 785. The maximum absolute atomic E-state index is 12.2. The minimum atomic E-state index is -0.151. The number of anilines is 1. The lowest BCUT2D eigenvalue weighted by Gasteiger charge is -2.18. The number of nitrogens with one attached hydrogen (secondary N) is 2. The SMILES string of the molecule is CCN(CC)CCNC(=O)c1ccc(NC(=O)CCn2cccc2C=O)cc1.Cl. The molecule has 0 aliphatic heterocycles. The first-order valence-corrected chi connectivity index (χ1v) is 9.58. The fourth-order valence-electron chi connectivity index (χ4n) is 2.86. The second-order valence-electron chi connectivity index (χ2n) is 6.40. The van der Waals surface area contributed by atoms with E-state index in [2.05, 4.69) is 29.4 Å². The maximum Gasteiger partial charge on any atom is 0.251 e. The van der Waals surface area contributed by atoms with Crippen LogP contribution in [0.2, 0.25) is 0 Å². The third-order valence-corrected chi connectivity index (χ3v) is 4.60. The predicted molar refractivity (Wildman–Crippen MR) is 117 cm³/mol. The van der Waals surface area contributed by atoms with Gasteiger partial charge in [-0.2, -0.15) is 0 Å². The van der Waals surface area contributed by atoms with Crippen molar-refractivity contribution < 1.29 is 14.4 Å². The normalized spacial score (nSPS) is 10.3. The van der Waals surface area contributed by atoms with Gasteiger partial charge in [0, 0.05) is 43.5 Å². The Morgan fingerprint density at radius 2 is 1.79 bits per heavy atom. The van der Waals surface area contributed by atoms with Crippen LogP contribution in [-0.4, -0.2) is 53.7 Å². The van der Waals surface area contributed by atoms with Gasteiger partial charge in [0.15, 0.2) is 6.29 Å². The van der Waals surface area contributed by atoms with Crippen LogP contribution in [0, 0.1) is 0 Å². The zero-order valence-corrected chi connectivity index (χ0v) is 17.7. The average molecular weight is 421 g/mol. The lowest BCUT2D eigenvalue weighted by Crippen LogP contribution is -2.34. The molecule has 0 spiro atoms. The van der Waals surface area contributed by atoms with Gasteiger partial charge in [0.2, 0.25) is 5.91 Å². The maximum atomic E-state index is 12.2. The second kappa shape index (κ2) is 12.7. The van der Waals surface area contributed by atoms with Gasteiger partial charge in [0.25, 0.3) is 5.91 Å². The van der Waals surface area contributed by atoms with Gasteiger partial charge in [-0.1, -0.05) is 13.8 Å². The topological polar surface area (TPSA) is 83.4 Å². The largest absolute Gasteiger partial charge is 0.351 e. The number of halogens is 1. The second-order valence-corrected chi connectivity index (χ2v) is 6.40. The summed E-state index contributed by atoms with van der Waals surface area (Å²) < 4.78 is 1.73. The van der Waals surface area contributed by atoms with Gasteiger partial charge in [-0.05, 0) is 49.5 Å². The first-order chi connectivity index (χ1) is 13.6. The summed E-state index contributed by atoms with van der Waals surface area (Å²) in [5.74, 6) is -0.277. The van der Waals surface area contributed by atoms with E-state index in [1.54, 1.807) is 47.2 Å². The van der Waals surface area contributed by atoms with Crippen molar-refractivity contribution >= 4 is 36.2 Å². The predicted octanol–water partition coefficient (Wildman–Crippen LogP) is 2.82. The number of hydrogen-bond donors (Lipinski definition) is 2. The quantitative estimate of drug-likeness (QED) is 0.547. The molecule has 0 fully saturated rings. The molecule has 0 saturated carbocycles. The van der Waals surface area contributed by atoms with Crippen molar-refractivity contribution in [3.63, 3.8) is 0 Å². The highest BCUT2D eigenvalue weighted by Gasteiger charge is 2.08. The van der Waals surface area contributed by atoms with E-state index >= 15 is 0 Å². The number of aryl methyl sites for hydroxylation is 1. The molecular weight excluding hydrogens is 392 g/mol. The summed E-state index contributed by atoms with van der Waals surface area (Å²) in [6, 6.07) is 10.3. The number of hydrogen-bond acceptors (Lipinski definition) is 4. The number of rotatable bonds is 11. The van der Waals surface area contributed by atoms with E-state index in [9.17, 15) is 14.4 Å². The Hall–Kier alpha value is -2.64. The fraction of sp³-hybridized carbons (Fsp3) is 0.381. The number of aldehydes is 1. The Labute approximate surface area is 177 Å². The summed E-state index contributed by atoms with van der Waals surface area (Å²) >= 11 is 0. The highest BCUT2D eigenvalue weighted by atomic mass is 35.5. The number of benzene rings is 1. The van der Waals surface area contributed by atoms with E-state index in [0.29, 0.717) is 30.0 Å². The van der Waals surface area contributed by atoms with Crippen LogP contribution in [-0.2, 0) is 11.3 Å². The minimum Gasteiger partial charge on any atom is -0.351 e. The van der Waals surface area contributed by atoms with Crippen molar-refractivity contribution in [1.82, 2.24) is 14.8 Å². The molecule has 7 nitrogen and oxygen atoms in total. The van der Waals surface area contributed by atoms with Crippen LogP contribution in [0.25, 0.3) is 0 Å². The van der Waals surface area contributed by atoms with Crippen LogP contribution in [0.1, 0.15) is 41.1 Å². The van der Waals surface area contributed by atoms with E-state index in [1.165, 1.54) is 0 Å². The van der Waals surface area contributed by atoms with E-state index in [0.717, 1.165) is 25.9 Å². The zero-order chi connectivity index (χ0) is 20.4. The minimum absolute atomic E-state index is 0. The van der Waals surface area contributed by atoms with Crippen molar-refractivity contribution in [3.05, 3.63) is 53.9 Å². The van der Waals surface area contributed by atoms with Crippen LogP contribution >= 0.6 is 12.4 Å². The molecule has 2 amide bonds. The van der Waals surface area contributed by atoms with Crippen LogP contribution < -0.4 is 10.6 Å². The first-order valence-electron chi connectivity index (χ1n) is 9.58. The van der Waals surface area contributed by atoms with Gasteiger partial charge >= 0.3 is 0 Å². The molecule has 2 N–H and O–H groups in total. The molecule has 0 bridgehead atoms. The van der Waals surface area contributed by atoms with Gasteiger partial charge in [0.1, 0.15) is 0 Å². The number of carbonyl (C=O) groups is 3. The Morgan fingerprint density at radius 3 is 2.41 bits per heavy atom. The molecule has 0 atom stereocenters. The molecular formula is C21H29ClN4O3. The molecule has 0 unspecified atom stereocenters. The molecule has 0 aliphatic rings. The Kier molecular flexibility index (Phi) is 10.7. The number of carbonyl (C=O) groups excluding carboxylic acids is 3. The molecule has 29 heavy (non-hydrogen) atoms. The van der Waals surface area contributed by atoms with Crippen molar-refractivity contribution in [2.24, 2.45) is 0 Å². The van der Waals surface area contributed by atoms with E-state index in [-0.39, 0.29) is 30.6 Å². The first kappa shape index (κ1) is 24.4. The van der Waals surface area contributed by atoms with Gasteiger partial charge in [-0.15, -0.1) is 12.4 Å². The van der Waals surface area contributed by atoms with Crippen LogP contribution in [0.5, 0.6) is 0 Å². The van der Waals surface area contributed by atoms with Crippen LogP contribution in [0.15, 0.2) is 42.6 Å². The third kappa shape index (κ3) is 7.71. The standard InChI is InChI=1S/C21H28N4O3.ClH/c1-3-24(4-2)15-12-22-21(28)17-7-9-18(10-8-17)23-20(27)11-14-25-13-5-6-19(25)16-26;/h5-10,13,16H,3-4,11-12,14-15H2,1-2H3,(H,22,28)(H,23,27);1H. The van der Waals surface area contributed by atoms with E-state index < -0.39 is 0 Å². The molecule has 1 aromatic carbocycles. The molecule has 2 rings (SSSR count). The molecule has 0 radical (unpaired) electrons. The number of amides is 2. The highest BCUT2D eigenvalue weighted by Crippen LogP contribution is 2.10. The van der Waals surface area contributed by atoms with Crippen molar-refractivity contribution in [2.75, 3.05) is 31.5 Å². The third-order valence-electron chi connectivity index (χ3n) is 4.60. The highest BCUT2D eigenvalue weighted by molar-refractivity contribution is 5.95. The summed E-state index contributed by atoms with van der Waals surface area (Å²) in [5, 5.41) is 5.71. The van der Waals surface area contributed by atoms with E-state index in [4.69, 9.17) is 0 Å². The Balaban J connectivity index is 0.00000420. The summed E-state index contributed by atoms with van der Waals surface area (Å²) in [5.41, 5.74) is 1.73. The van der Waals surface area contributed by atoms with E-state index in [1.807, 2.05) is 0 Å². The Morgan fingerprint density at radius 1 is 1.10 bits per heavy atom. The van der Waals surface area contributed by atoms with Gasteiger partial charge in [-0.25, -0.2) is 0 Å².